The van der Waals surface area contributed by atoms with Gasteiger partial charge in [0.05, 0.1) is 12.1 Å². The number of carbonyl (C=O) groups excluding carboxylic acids is 2. The number of alkyl halides is 3. The van der Waals surface area contributed by atoms with Crippen LogP contribution in [0.1, 0.15) is 21.5 Å². The van der Waals surface area contributed by atoms with E-state index in [9.17, 15) is 22.8 Å². The van der Waals surface area contributed by atoms with Crippen molar-refractivity contribution in [2.45, 2.75) is 13.1 Å². The molecule has 0 radical (unpaired) electrons. The zero-order chi connectivity index (χ0) is 18.6. The second-order valence-corrected chi connectivity index (χ2v) is 6.51. The Bertz CT molecular complexity index is 789. The average Bonchev–Trinajstić information content (AvgIpc) is 2.54. The molecule has 0 spiro atoms. The summed E-state index contributed by atoms with van der Waals surface area (Å²) in [5, 5.41) is 5.04. The molecule has 0 saturated heterocycles. The van der Waals surface area contributed by atoms with Gasteiger partial charge in [-0.05, 0) is 77.5 Å². The minimum atomic E-state index is -4.46. The highest BCUT2D eigenvalue weighted by molar-refractivity contribution is 14.1. The molecular weight excluding hydrogens is 448 g/mol. The molecule has 0 unspecified atom stereocenters. The van der Waals surface area contributed by atoms with Crippen LogP contribution in [0.3, 0.4) is 0 Å². The predicted octanol–water partition coefficient (Wildman–Crippen LogP) is 3.99. The zero-order valence-electron chi connectivity index (χ0n) is 13.1. The van der Waals surface area contributed by atoms with Crippen LogP contribution in [0.4, 0.5) is 18.9 Å². The van der Waals surface area contributed by atoms with Crippen LogP contribution in [0.2, 0.25) is 0 Å². The monoisotopic (exact) mass is 462 g/mol. The minimum absolute atomic E-state index is 0.0474. The van der Waals surface area contributed by atoms with E-state index >= 15 is 0 Å². The molecule has 0 fully saturated rings. The Kier molecular flexibility index (Phi) is 6.04. The van der Waals surface area contributed by atoms with Crippen LogP contribution in [0.25, 0.3) is 0 Å². The molecule has 0 aliphatic heterocycles. The lowest BCUT2D eigenvalue weighted by atomic mass is 10.1. The predicted molar refractivity (Wildman–Crippen MR) is 96.3 cm³/mol. The van der Waals surface area contributed by atoms with Crippen LogP contribution in [0.5, 0.6) is 0 Å². The van der Waals surface area contributed by atoms with Crippen LogP contribution in [-0.2, 0) is 11.0 Å². The van der Waals surface area contributed by atoms with E-state index in [0.717, 1.165) is 33.4 Å². The van der Waals surface area contributed by atoms with E-state index in [1.807, 2.05) is 19.1 Å². The summed E-state index contributed by atoms with van der Waals surface area (Å²) in [4.78, 5) is 23.8. The van der Waals surface area contributed by atoms with Crippen LogP contribution in [0.15, 0.2) is 42.5 Å². The lowest BCUT2D eigenvalue weighted by Gasteiger charge is -2.10. The molecular formula is C17H14F3IN2O2. The number of hydrogen-bond donors (Lipinski definition) is 2. The highest BCUT2D eigenvalue weighted by Gasteiger charge is 2.30. The molecule has 132 valence electrons. The second kappa shape index (κ2) is 7.85. The number of benzene rings is 2. The maximum Gasteiger partial charge on any atom is 0.416 e. The van der Waals surface area contributed by atoms with Gasteiger partial charge in [-0.3, -0.25) is 9.59 Å². The fraction of sp³-hybridized carbons (Fsp3) is 0.176. The fourth-order valence-corrected chi connectivity index (χ4v) is 2.68. The van der Waals surface area contributed by atoms with Crippen molar-refractivity contribution in [1.29, 1.82) is 0 Å². The third kappa shape index (κ3) is 5.45. The molecule has 2 aromatic rings. The Morgan fingerprint density at radius 2 is 1.72 bits per heavy atom. The van der Waals surface area contributed by atoms with Crippen LogP contribution < -0.4 is 10.6 Å². The lowest BCUT2D eigenvalue weighted by Crippen LogP contribution is -2.33. The fourth-order valence-electron chi connectivity index (χ4n) is 2.03. The maximum atomic E-state index is 12.5. The zero-order valence-corrected chi connectivity index (χ0v) is 15.2. The van der Waals surface area contributed by atoms with Crippen molar-refractivity contribution in [2.75, 3.05) is 11.9 Å². The van der Waals surface area contributed by atoms with E-state index in [-0.39, 0.29) is 12.1 Å². The van der Waals surface area contributed by atoms with Gasteiger partial charge in [-0.15, -0.1) is 0 Å². The summed E-state index contributed by atoms with van der Waals surface area (Å²) in [6, 6.07) is 9.28. The number of carbonyl (C=O) groups is 2. The normalized spacial score (nSPS) is 11.1. The van der Waals surface area contributed by atoms with Crippen molar-refractivity contribution < 1.29 is 22.8 Å². The van der Waals surface area contributed by atoms with Gasteiger partial charge >= 0.3 is 6.18 Å². The van der Waals surface area contributed by atoms with Gasteiger partial charge in [0, 0.05) is 14.8 Å². The Balaban J connectivity index is 1.92. The standard InChI is InChI=1S/C17H14F3IN2O2/c1-10-8-13(21)6-7-14(10)23-15(24)9-22-16(25)11-2-4-12(5-3-11)17(18,19)20/h2-8H,9H2,1H3,(H,22,25)(H,23,24). The van der Waals surface area contributed by atoms with Gasteiger partial charge in [-0.1, -0.05) is 0 Å². The first kappa shape index (κ1) is 19.2. The summed E-state index contributed by atoms with van der Waals surface area (Å²) in [5.74, 6) is -1.05. The van der Waals surface area contributed by atoms with Crippen molar-refractivity contribution in [2.24, 2.45) is 0 Å². The van der Waals surface area contributed by atoms with Crippen molar-refractivity contribution in [3.05, 3.63) is 62.7 Å². The first-order valence-electron chi connectivity index (χ1n) is 7.18. The van der Waals surface area contributed by atoms with Crippen LogP contribution in [0, 0.1) is 10.5 Å². The van der Waals surface area contributed by atoms with Gasteiger partial charge < -0.3 is 10.6 Å². The molecule has 0 aromatic heterocycles. The second-order valence-electron chi connectivity index (χ2n) is 5.27. The smallest absolute Gasteiger partial charge is 0.343 e. The molecule has 0 saturated carbocycles. The van der Waals surface area contributed by atoms with E-state index in [2.05, 4.69) is 33.2 Å². The summed E-state index contributed by atoms with van der Waals surface area (Å²) in [5.41, 5.74) is 0.728. The molecule has 0 atom stereocenters. The van der Waals surface area contributed by atoms with Gasteiger partial charge in [0.1, 0.15) is 0 Å². The molecule has 2 amide bonds. The highest BCUT2D eigenvalue weighted by atomic mass is 127. The SMILES string of the molecule is Cc1cc(I)ccc1NC(=O)CNC(=O)c1ccc(C(F)(F)F)cc1. The number of halogens is 4. The van der Waals surface area contributed by atoms with Crippen LogP contribution >= 0.6 is 22.6 Å². The largest absolute Gasteiger partial charge is 0.416 e. The molecule has 0 aliphatic carbocycles. The molecule has 25 heavy (non-hydrogen) atoms. The number of nitrogens with one attached hydrogen (secondary N) is 2. The van der Waals surface area contributed by atoms with Crippen molar-refractivity contribution in [3.63, 3.8) is 0 Å². The van der Waals surface area contributed by atoms with Crippen molar-refractivity contribution in [3.8, 4) is 0 Å². The molecule has 0 aliphatic rings. The topological polar surface area (TPSA) is 58.2 Å². The number of aryl methyl sites for hydroxylation is 1. The van der Waals surface area contributed by atoms with Gasteiger partial charge in [-0.25, -0.2) is 0 Å². The molecule has 2 aromatic carbocycles. The lowest BCUT2D eigenvalue weighted by molar-refractivity contribution is -0.137. The number of rotatable bonds is 4. The maximum absolute atomic E-state index is 12.5. The number of hydrogen-bond acceptors (Lipinski definition) is 2. The van der Waals surface area contributed by atoms with E-state index in [1.54, 1.807) is 6.07 Å². The minimum Gasteiger partial charge on any atom is -0.343 e. The summed E-state index contributed by atoms with van der Waals surface area (Å²) in [7, 11) is 0. The summed E-state index contributed by atoms with van der Waals surface area (Å²) < 4.78 is 38.5. The van der Waals surface area contributed by atoms with E-state index < -0.39 is 23.6 Å². The third-order valence-electron chi connectivity index (χ3n) is 3.35. The summed E-state index contributed by atoms with van der Waals surface area (Å²) in [6.45, 7) is 1.56. The Hall–Kier alpha value is -2.10. The van der Waals surface area contributed by atoms with Gasteiger partial charge in [0.2, 0.25) is 5.91 Å². The highest BCUT2D eigenvalue weighted by Crippen LogP contribution is 2.29. The quantitative estimate of drug-likeness (QED) is 0.676. The third-order valence-corrected chi connectivity index (χ3v) is 4.02. The molecule has 0 bridgehead atoms. The summed E-state index contributed by atoms with van der Waals surface area (Å²) >= 11 is 2.15. The van der Waals surface area contributed by atoms with Crippen LogP contribution in [-0.4, -0.2) is 18.4 Å². The summed E-state index contributed by atoms with van der Waals surface area (Å²) in [6.07, 6.45) is -4.46. The first-order valence-corrected chi connectivity index (χ1v) is 8.26. The van der Waals surface area contributed by atoms with E-state index in [0.29, 0.717) is 5.69 Å². The Labute approximate surface area is 155 Å². The van der Waals surface area contributed by atoms with E-state index in [4.69, 9.17) is 0 Å². The Morgan fingerprint density at radius 1 is 1.08 bits per heavy atom. The first-order chi connectivity index (χ1) is 11.7. The number of amides is 2. The molecule has 2 N–H and O–H groups in total. The molecule has 2 rings (SSSR count). The van der Waals surface area contributed by atoms with Gasteiger partial charge in [-0.2, -0.15) is 13.2 Å². The van der Waals surface area contributed by atoms with Crippen molar-refractivity contribution in [1.82, 2.24) is 5.32 Å². The van der Waals surface area contributed by atoms with Gasteiger partial charge in [0.25, 0.3) is 5.91 Å². The van der Waals surface area contributed by atoms with Crippen molar-refractivity contribution >= 4 is 40.1 Å². The molecule has 4 nitrogen and oxygen atoms in total. The molecule has 8 heteroatoms. The molecule has 0 heterocycles. The Morgan fingerprint density at radius 3 is 2.28 bits per heavy atom. The number of anilines is 1. The van der Waals surface area contributed by atoms with E-state index in [1.165, 1.54) is 0 Å². The average molecular weight is 462 g/mol. The van der Waals surface area contributed by atoms with Gasteiger partial charge in [0.15, 0.2) is 0 Å².